The molecule has 0 saturated heterocycles. The minimum Gasteiger partial charge on any atom is -0.505 e. The number of methoxy groups -OCH3 is 2. The number of hydrogen-bond donors (Lipinski definition) is 7. The number of hydrogen-bond acceptors (Lipinski definition) is 18. The van der Waals surface area contributed by atoms with Gasteiger partial charge in [-0.1, -0.05) is 81.3 Å². The van der Waals surface area contributed by atoms with Gasteiger partial charge in [-0.15, -0.1) is 30.7 Å². The van der Waals surface area contributed by atoms with Gasteiger partial charge in [0.2, 0.25) is 0 Å². The quantitative estimate of drug-likeness (QED) is 0.0202. The summed E-state index contributed by atoms with van der Waals surface area (Å²) in [6, 6.07) is 38.3. The molecule has 0 aliphatic rings. The second-order valence-electron chi connectivity index (χ2n) is 18.4. The van der Waals surface area contributed by atoms with Gasteiger partial charge in [-0.3, -0.25) is 4.55 Å². The van der Waals surface area contributed by atoms with E-state index in [9.17, 15) is 18.1 Å². The Bertz CT molecular complexity index is 3730. The SMILES string of the molecule is CCCc1ccc(CNc2ccc(N=Nc3cc(OC)c(N=Nc4cc(S(=O)(=O)O)c5ccc(N=Nc6cc(C)c(N=Nc7ccc(NCc8ccc(CCC)cc8)cc7N)cc6OC)c(O)c5c4N)cc3C)c(N)c2)cc1. The number of phenolic OH excluding ortho intramolecular Hbond substituents is 1. The van der Waals surface area contributed by atoms with E-state index in [0.29, 0.717) is 58.3 Å². The van der Waals surface area contributed by atoms with E-state index in [0.717, 1.165) is 54.3 Å². The molecule has 0 unspecified atom stereocenters. The number of azo groups is 4. The van der Waals surface area contributed by atoms with Gasteiger partial charge >= 0.3 is 0 Å². The molecule has 8 aromatic rings. The van der Waals surface area contributed by atoms with E-state index in [-0.39, 0.29) is 50.7 Å². The first kappa shape index (κ1) is 55.0. The minimum absolute atomic E-state index is 0.0911. The normalized spacial score (nSPS) is 11.9. The first-order chi connectivity index (χ1) is 37.5. The van der Waals surface area contributed by atoms with Crippen molar-refractivity contribution in [3.8, 4) is 17.2 Å². The van der Waals surface area contributed by atoms with Crippen LogP contribution < -0.4 is 37.3 Å². The van der Waals surface area contributed by atoms with E-state index in [1.165, 1.54) is 37.5 Å². The molecule has 0 atom stereocenters. The van der Waals surface area contributed by atoms with Crippen molar-refractivity contribution >= 4 is 94.8 Å². The van der Waals surface area contributed by atoms with Crippen molar-refractivity contribution in [2.45, 2.75) is 71.4 Å². The molecular formula is C58H61N13O6S. The monoisotopic (exact) mass is 1070 g/mol. The molecule has 0 radical (unpaired) electrons. The standard InChI is InChI=1S/C58H61N13O6S/c1-7-9-36-11-15-38(16-12-36)32-62-40-19-22-45(43(59)27-40)64-67-48-29-53(76-5)50(25-34(48)3)69-66-47-24-21-42-55(78(73,74)75)31-52(57(61)56(42)58(47)72)71-70-51-26-35(4)49(30-54(51)77-6)68-65-46-23-20-41(28-44(46)60)63-33-39-17-13-37(10-8-2)14-18-39/h11-31,62-63,72H,7-10,32-33,59-61H2,1-6H3,(H,73,74,75). The lowest BCUT2D eigenvalue weighted by atomic mass is 10.1. The lowest BCUT2D eigenvalue weighted by Gasteiger charge is -2.12. The summed E-state index contributed by atoms with van der Waals surface area (Å²) < 4.78 is 47.2. The van der Waals surface area contributed by atoms with Crippen molar-refractivity contribution in [2.24, 2.45) is 40.9 Å². The molecule has 8 aromatic carbocycles. The first-order valence-electron chi connectivity index (χ1n) is 25.1. The van der Waals surface area contributed by atoms with Gasteiger partial charge in [0, 0.05) is 42.0 Å². The largest absolute Gasteiger partial charge is 0.505 e. The van der Waals surface area contributed by atoms with Crippen molar-refractivity contribution in [2.75, 3.05) is 42.1 Å². The zero-order chi connectivity index (χ0) is 55.5. The fraction of sp³-hybridized carbons (Fsp3) is 0.207. The highest BCUT2D eigenvalue weighted by Gasteiger charge is 2.23. The molecule has 0 bridgehead atoms. The first-order valence-corrected chi connectivity index (χ1v) is 26.5. The van der Waals surface area contributed by atoms with Crippen molar-refractivity contribution < 1.29 is 27.6 Å². The smallest absolute Gasteiger partial charge is 0.295 e. The van der Waals surface area contributed by atoms with E-state index >= 15 is 0 Å². The molecule has 20 heteroatoms. The molecule has 0 saturated carbocycles. The molecule has 400 valence electrons. The second kappa shape index (κ2) is 24.6. The summed E-state index contributed by atoms with van der Waals surface area (Å²) in [5.41, 5.74) is 30.1. The number of fused-ring (bicyclic) bond motifs is 1. The Kier molecular flexibility index (Phi) is 17.3. The minimum atomic E-state index is -4.90. The number of anilines is 5. The van der Waals surface area contributed by atoms with Crippen molar-refractivity contribution in [3.05, 3.63) is 161 Å². The summed E-state index contributed by atoms with van der Waals surface area (Å²) in [4.78, 5) is -0.584. The Morgan fingerprint density at radius 3 is 1.31 bits per heavy atom. The summed E-state index contributed by atoms with van der Waals surface area (Å²) in [5, 5.41) is 53.1. The maximum atomic E-state index is 12.8. The van der Waals surface area contributed by atoms with Crippen LogP contribution in [0, 0.1) is 13.8 Å². The third-order valence-electron chi connectivity index (χ3n) is 12.7. The lowest BCUT2D eigenvalue weighted by Crippen LogP contribution is -2.01. The van der Waals surface area contributed by atoms with E-state index in [1.807, 2.05) is 12.1 Å². The molecule has 0 spiro atoms. The third-order valence-corrected chi connectivity index (χ3v) is 13.6. The molecule has 0 heterocycles. The van der Waals surface area contributed by atoms with Crippen LogP contribution >= 0.6 is 0 Å². The zero-order valence-electron chi connectivity index (χ0n) is 44.1. The average molecular weight is 1070 g/mol. The van der Waals surface area contributed by atoms with Crippen molar-refractivity contribution in [3.63, 3.8) is 0 Å². The number of phenols is 1. The maximum Gasteiger partial charge on any atom is 0.295 e. The molecule has 0 fully saturated rings. The van der Waals surface area contributed by atoms with Crippen LogP contribution in [0.3, 0.4) is 0 Å². The molecule has 8 rings (SSSR count). The van der Waals surface area contributed by atoms with E-state index in [2.05, 4.69) is 114 Å². The second-order valence-corrected chi connectivity index (χ2v) is 19.8. The Morgan fingerprint density at radius 1 is 0.487 bits per heavy atom. The van der Waals surface area contributed by atoms with Gasteiger partial charge in [-0.2, -0.15) is 18.6 Å². The number of nitrogens with zero attached hydrogens (tertiary/aromatic N) is 8. The van der Waals surface area contributed by atoms with Gasteiger partial charge in [0.1, 0.15) is 50.5 Å². The predicted molar refractivity (Wildman–Crippen MR) is 309 cm³/mol. The molecule has 0 aliphatic heterocycles. The number of benzene rings is 8. The maximum absolute atomic E-state index is 12.8. The number of nitrogen functional groups attached to an aromatic ring is 3. The van der Waals surface area contributed by atoms with E-state index < -0.39 is 20.8 Å². The highest BCUT2D eigenvalue weighted by Crippen LogP contribution is 2.47. The Balaban J connectivity index is 0.988. The fourth-order valence-corrected chi connectivity index (χ4v) is 9.15. The van der Waals surface area contributed by atoms with Gasteiger partial charge in [-0.25, -0.2) is 0 Å². The summed E-state index contributed by atoms with van der Waals surface area (Å²) in [6.45, 7) is 9.19. The van der Waals surface area contributed by atoms with Crippen LogP contribution in [0.4, 0.5) is 73.9 Å². The highest BCUT2D eigenvalue weighted by molar-refractivity contribution is 7.86. The number of nitrogens with one attached hydrogen (secondary N) is 2. The number of ether oxygens (including phenoxy) is 2. The lowest BCUT2D eigenvalue weighted by molar-refractivity contribution is 0.416. The fourth-order valence-electron chi connectivity index (χ4n) is 8.44. The summed E-state index contributed by atoms with van der Waals surface area (Å²) >= 11 is 0. The van der Waals surface area contributed by atoms with Crippen LogP contribution in [0.25, 0.3) is 10.8 Å². The highest BCUT2D eigenvalue weighted by atomic mass is 32.2. The van der Waals surface area contributed by atoms with Crippen molar-refractivity contribution in [1.29, 1.82) is 0 Å². The van der Waals surface area contributed by atoms with E-state index in [1.54, 1.807) is 62.4 Å². The number of nitrogens with two attached hydrogens (primary N) is 3. The molecule has 0 amide bonds. The van der Waals surface area contributed by atoms with Crippen LogP contribution in [0.15, 0.2) is 173 Å². The summed E-state index contributed by atoms with van der Waals surface area (Å²) in [5.74, 6) is -0.00734. The zero-order valence-corrected chi connectivity index (χ0v) is 44.9. The van der Waals surface area contributed by atoms with Gasteiger partial charge in [0.25, 0.3) is 10.1 Å². The van der Waals surface area contributed by atoms with Gasteiger partial charge in [0.05, 0.1) is 48.0 Å². The Morgan fingerprint density at radius 2 is 0.885 bits per heavy atom. The van der Waals surface area contributed by atoms with Crippen LogP contribution in [-0.4, -0.2) is 32.3 Å². The Labute approximate surface area is 452 Å². The number of rotatable bonds is 21. The van der Waals surface area contributed by atoms with Gasteiger partial charge < -0.3 is 42.4 Å². The molecule has 0 aliphatic carbocycles. The van der Waals surface area contributed by atoms with Crippen LogP contribution in [0.1, 0.15) is 60.1 Å². The predicted octanol–water partition coefficient (Wildman–Crippen LogP) is 16.0. The number of aryl methyl sites for hydroxylation is 4. The van der Waals surface area contributed by atoms with Crippen LogP contribution in [-0.2, 0) is 36.0 Å². The van der Waals surface area contributed by atoms with Crippen LogP contribution in [0.2, 0.25) is 0 Å². The number of aromatic hydroxyl groups is 1. The van der Waals surface area contributed by atoms with Gasteiger partial charge in [-0.05, 0) is 121 Å². The third kappa shape index (κ3) is 13.2. The van der Waals surface area contributed by atoms with Crippen molar-refractivity contribution in [1.82, 2.24) is 0 Å². The molecule has 78 heavy (non-hydrogen) atoms. The van der Waals surface area contributed by atoms with Crippen LogP contribution in [0.5, 0.6) is 17.2 Å². The molecule has 10 N–H and O–H groups in total. The molecule has 0 aromatic heterocycles. The molecular weight excluding hydrogens is 1010 g/mol. The topological polar surface area (TPSA) is 294 Å². The summed E-state index contributed by atoms with van der Waals surface area (Å²) in [6.07, 6.45) is 4.30. The Hall–Kier alpha value is -9.27. The molecule has 19 nitrogen and oxygen atoms in total. The van der Waals surface area contributed by atoms with E-state index in [4.69, 9.17) is 26.7 Å². The summed E-state index contributed by atoms with van der Waals surface area (Å²) in [7, 11) is -2.01. The average Bonchev–Trinajstić information content (AvgIpc) is 3.49. The van der Waals surface area contributed by atoms with Gasteiger partial charge in [0.15, 0.2) is 5.75 Å².